The third kappa shape index (κ3) is 3.44. The molecule has 0 bridgehead atoms. The van der Waals surface area contributed by atoms with Gasteiger partial charge in [-0.15, -0.1) is 0 Å². The third-order valence-electron chi connectivity index (χ3n) is 3.67. The number of carbonyl (C=O) groups is 1. The van der Waals surface area contributed by atoms with Crippen molar-refractivity contribution in [2.75, 3.05) is 12.1 Å². The zero-order valence-corrected chi connectivity index (χ0v) is 13.7. The van der Waals surface area contributed by atoms with Crippen LogP contribution in [0.25, 0.3) is 11.3 Å². The van der Waals surface area contributed by atoms with Gasteiger partial charge < -0.3 is 19.3 Å². The van der Waals surface area contributed by atoms with Crippen LogP contribution in [0.3, 0.4) is 0 Å². The molecule has 3 aromatic rings. The molecule has 2 aromatic carbocycles. The van der Waals surface area contributed by atoms with Gasteiger partial charge in [0.1, 0.15) is 0 Å². The van der Waals surface area contributed by atoms with Crippen LogP contribution in [0, 0.1) is 0 Å². The summed E-state index contributed by atoms with van der Waals surface area (Å²) in [6.07, 6.45) is 0.0978. The highest BCUT2D eigenvalue weighted by Crippen LogP contribution is 2.36. The lowest BCUT2D eigenvalue weighted by atomic mass is 10.1. The van der Waals surface area contributed by atoms with Gasteiger partial charge in [-0.1, -0.05) is 22.8 Å². The number of fused-ring (bicyclic) bond motifs is 1. The van der Waals surface area contributed by atoms with E-state index >= 15 is 0 Å². The molecule has 0 atom stereocenters. The minimum absolute atomic E-state index is 0.0978. The zero-order valence-electron chi connectivity index (χ0n) is 13.0. The zero-order chi connectivity index (χ0) is 17.2. The molecule has 0 aliphatic carbocycles. The molecule has 1 amide bonds. The summed E-state index contributed by atoms with van der Waals surface area (Å²) in [7, 11) is 0. The topological polar surface area (TPSA) is 73.6 Å². The van der Waals surface area contributed by atoms with Gasteiger partial charge in [-0.3, -0.25) is 4.79 Å². The second kappa shape index (κ2) is 6.49. The van der Waals surface area contributed by atoms with Crippen LogP contribution in [0.1, 0.15) is 5.69 Å². The van der Waals surface area contributed by atoms with Gasteiger partial charge in [0, 0.05) is 22.3 Å². The number of carbonyl (C=O) groups excluding carboxylic acids is 1. The van der Waals surface area contributed by atoms with E-state index in [4.69, 9.17) is 25.6 Å². The van der Waals surface area contributed by atoms with Crippen LogP contribution in [0.4, 0.5) is 5.69 Å². The fourth-order valence-electron chi connectivity index (χ4n) is 2.52. The molecule has 1 N–H and O–H groups in total. The van der Waals surface area contributed by atoms with Gasteiger partial charge in [-0.05, 0) is 36.4 Å². The summed E-state index contributed by atoms with van der Waals surface area (Å²) >= 11 is 5.90. The Hall–Kier alpha value is -2.99. The van der Waals surface area contributed by atoms with Crippen molar-refractivity contribution >= 4 is 23.2 Å². The van der Waals surface area contributed by atoms with E-state index in [-0.39, 0.29) is 19.1 Å². The number of nitrogens with zero attached hydrogens (tertiary/aromatic N) is 1. The molecule has 1 aliphatic rings. The van der Waals surface area contributed by atoms with Gasteiger partial charge in [0.05, 0.1) is 12.1 Å². The van der Waals surface area contributed by atoms with E-state index in [1.54, 1.807) is 30.3 Å². The van der Waals surface area contributed by atoms with Crippen molar-refractivity contribution in [1.82, 2.24) is 5.16 Å². The van der Waals surface area contributed by atoms with Gasteiger partial charge in [0.25, 0.3) is 0 Å². The van der Waals surface area contributed by atoms with Crippen molar-refractivity contribution in [3.05, 3.63) is 59.2 Å². The number of rotatable bonds is 4. The van der Waals surface area contributed by atoms with Crippen LogP contribution in [-0.4, -0.2) is 17.9 Å². The Morgan fingerprint density at radius 1 is 1.12 bits per heavy atom. The Morgan fingerprint density at radius 2 is 2.00 bits per heavy atom. The van der Waals surface area contributed by atoms with Crippen LogP contribution in [0.15, 0.2) is 53.1 Å². The summed E-state index contributed by atoms with van der Waals surface area (Å²) < 4.78 is 16.0. The van der Waals surface area contributed by atoms with E-state index in [0.29, 0.717) is 33.7 Å². The van der Waals surface area contributed by atoms with E-state index in [9.17, 15) is 4.79 Å². The number of halogens is 1. The summed E-state index contributed by atoms with van der Waals surface area (Å²) in [6, 6.07) is 14.2. The first kappa shape index (κ1) is 15.5. The average molecular weight is 357 g/mol. The number of ether oxygens (including phenoxy) is 2. The molecule has 25 heavy (non-hydrogen) atoms. The molecule has 0 radical (unpaired) electrons. The molecule has 2 heterocycles. The molecule has 0 spiro atoms. The van der Waals surface area contributed by atoms with Crippen molar-refractivity contribution in [2.24, 2.45) is 0 Å². The highest BCUT2D eigenvalue weighted by atomic mass is 35.5. The van der Waals surface area contributed by atoms with Crippen LogP contribution in [0.5, 0.6) is 11.5 Å². The van der Waals surface area contributed by atoms with E-state index in [1.807, 2.05) is 18.2 Å². The van der Waals surface area contributed by atoms with Gasteiger partial charge in [-0.25, -0.2) is 0 Å². The van der Waals surface area contributed by atoms with Gasteiger partial charge in [0.2, 0.25) is 12.7 Å². The summed E-state index contributed by atoms with van der Waals surface area (Å²) in [5, 5.41) is 7.28. The number of hydrogen-bond acceptors (Lipinski definition) is 5. The molecule has 1 aromatic heterocycles. The highest BCUT2D eigenvalue weighted by Gasteiger charge is 2.16. The molecule has 0 fully saturated rings. The monoisotopic (exact) mass is 356 g/mol. The molecule has 7 heteroatoms. The van der Waals surface area contributed by atoms with Gasteiger partial charge in [-0.2, -0.15) is 0 Å². The maximum atomic E-state index is 12.1. The predicted octanol–water partition coefficient (Wildman–Crippen LogP) is 3.90. The Bertz CT molecular complexity index is 938. The third-order valence-corrected chi connectivity index (χ3v) is 3.90. The molecular weight excluding hydrogens is 344 g/mol. The minimum atomic E-state index is -0.201. The summed E-state index contributed by atoms with van der Waals surface area (Å²) in [5.41, 5.74) is 1.97. The molecule has 0 saturated heterocycles. The van der Waals surface area contributed by atoms with Crippen molar-refractivity contribution in [1.29, 1.82) is 0 Å². The average Bonchev–Trinajstić information content (AvgIpc) is 3.23. The van der Waals surface area contributed by atoms with Crippen LogP contribution in [-0.2, 0) is 11.2 Å². The highest BCUT2D eigenvalue weighted by molar-refractivity contribution is 6.30. The Morgan fingerprint density at radius 3 is 2.88 bits per heavy atom. The number of amides is 1. The Kier molecular flexibility index (Phi) is 4.03. The molecule has 1 aliphatic heterocycles. The first-order chi connectivity index (χ1) is 12.2. The standard InChI is InChI=1S/C18H13ClN2O4/c19-12-2-1-3-13(7-12)20-18(22)9-14-8-16(25-21-14)11-4-5-15-17(6-11)24-10-23-15/h1-8H,9-10H2,(H,20,22). The van der Waals surface area contributed by atoms with E-state index in [1.165, 1.54) is 0 Å². The molecule has 0 unspecified atom stereocenters. The van der Waals surface area contributed by atoms with Crippen molar-refractivity contribution in [3.63, 3.8) is 0 Å². The van der Waals surface area contributed by atoms with Crippen LogP contribution in [0.2, 0.25) is 5.02 Å². The lowest BCUT2D eigenvalue weighted by molar-refractivity contribution is -0.115. The number of hydrogen-bond donors (Lipinski definition) is 1. The SMILES string of the molecule is O=C(Cc1cc(-c2ccc3c(c2)OCO3)on1)Nc1cccc(Cl)c1. The number of aromatic nitrogens is 1. The minimum Gasteiger partial charge on any atom is -0.454 e. The molecular formula is C18H13ClN2O4. The van der Waals surface area contributed by atoms with E-state index in [0.717, 1.165) is 5.56 Å². The molecule has 6 nitrogen and oxygen atoms in total. The van der Waals surface area contributed by atoms with Crippen molar-refractivity contribution < 1.29 is 18.8 Å². The van der Waals surface area contributed by atoms with Gasteiger partial charge >= 0.3 is 0 Å². The fraction of sp³-hybridized carbons (Fsp3) is 0.111. The normalized spacial score (nSPS) is 12.2. The number of anilines is 1. The lowest BCUT2D eigenvalue weighted by Crippen LogP contribution is -2.14. The Balaban J connectivity index is 1.45. The fourth-order valence-corrected chi connectivity index (χ4v) is 2.71. The number of nitrogens with one attached hydrogen (secondary N) is 1. The largest absolute Gasteiger partial charge is 0.454 e. The van der Waals surface area contributed by atoms with Crippen molar-refractivity contribution in [3.8, 4) is 22.8 Å². The summed E-state index contributed by atoms with van der Waals surface area (Å²) in [4.78, 5) is 12.1. The second-order valence-electron chi connectivity index (χ2n) is 5.49. The quantitative estimate of drug-likeness (QED) is 0.767. The second-order valence-corrected chi connectivity index (χ2v) is 5.92. The molecule has 4 rings (SSSR count). The smallest absolute Gasteiger partial charge is 0.231 e. The maximum absolute atomic E-state index is 12.1. The summed E-state index contributed by atoms with van der Waals surface area (Å²) in [6.45, 7) is 0.212. The van der Waals surface area contributed by atoms with E-state index < -0.39 is 0 Å². The molecule has 126 valence electrons. The molecule has 0 saturated carbocycles. The van der Waals surface area contributed by atoms with E-state index in [2.05, 4.69) is 10.5 Å². The van der Waals surface area contributed by atoms with Crippen LogP contribution < -0.4 is 14.8 Å². The number of benzene rings is 2. The lowest BCUT2D eigenvalue weighted by Gasteiger charge is -2.03. The first-order valence-electron chi connectivity index (χ1n) is 7.58. The first-order valence-corrected chi connectivity index (χ1v) is 7.96. The van der Waals surface area contributed by atoms with Crippen LogP contribution >= 0.6 is 11.6 Å². The van der Waals surface area contributed by atoms with Gasteiger partial charge in [0.15, 0.2) is 17.3 Å². The van der Waals surface area contributed by atoms with Crippen molar-refractivity contribution in [2.45, 2.75) is 6.42 Å². The maximum Gasteiger partial charge on any atom is 0.231 e. The predicted molar refractivity (Wildman–Crippen MR) is 91.8 cm³/mol. The Labute approximate surface area is 148 Å². The summed E-state index contributed by atoms with van der Waals surface area (Å²) in [5.74, 6) is 1.72.